The number of nitrogens with zero attached hydrogens (tertiary/aromatic N) is 2. The van der Waals surface area contributed by atoms with Gasteiger partial charge in [0, 0.05) is 18.0 Å². The van der Waals surface area contributed by atoms with Gasteiger partial charge in [-0.2, -0.15) is 0 Å². The first-order chi connectivity index (χ1) is 10.0. The summed E-state index contributed by atoms with van der Waals surface area (Å²) in [6.45, 7) is 1.94. The number of aromatic nitrogens is 1. The molecule has 0 bridgehead atoms. The molecule has 2 rings (SSSR count). The van der Waals surface area contributed by atoms with Crippen LogP contribution in [-0.2, 0) is 4.74 Å². The first-order valence-corrected chi connectivity index (χ1v) is 6.07. The average Bonchev–Trinajstić information content (AvgIpc) is 2.49. The van der Waals surface area contributed by atoms with Gasteiger partial charge < -0.3 is 10.1 Å². The number of benzene rings is 1. The van der Waals surface area contributed by atoms with Crippen molar-refractivity contribution in [2.24, 2.45) is 0 Å². The zero-order chi connectivity index (χ0) is 15.4. The number of nitrogens with one attached hydrogen (secondary N) is 1. The van der Waals surface area contributed by atoms with Crippen molar-refractivity contribution >= 4 is 23.2 Å². The van der Waals surface area contributed by atoms with Crippen LogP contribution in [0.25, 0.3) is 0 Å². The second kappa shape index (κ2) is 6.00. The van der Waals surface area contributed by atoms with Gasteiger partial charge in [-0.3, -0.25) is 10.1 Å². The third kappa shape index (κ3) is 3.33. The van der Waals surface area contributed by atoms with Gasteiger partial charge in [-0.05, 0) is 19.1 Å². The molecule has 21 heavy (non-hydrogen) atoms. The molecule has 0 saturated carbocycles. The zero-order valence-electron chi connectivity index (χ0n) is 11.5. The molecule has 0 aliphatic carbocycles. The molecule has 0 aliphatic rings. The minimum Gasteiger partial charge on any atom is -0.465 e. The summed E-state index contributed by atoms with van der Waals surface area (Å²) in [6, 6.07) is 8.45. The lowest BCUT2D eigenvalue weighted by atomic mass is 10.2. The third-order valence-corrected chi connectivity index (χ3v) is 2.80. The molecule has 1 heterocycles. The highest BCUT2D eigenvalue weighted by molar-refractivity contribution is 5.90. The van der Waals surface area contributed by atoms with E-state index in [4.69, 9.17) is 0 Å². The number of methoxy groups -OCH3 is 1. The molecule has 1 N–H and O–H groups in total. The van der Waals surface area contributed by atoms with Gasteiger partial charge in [0.05, 0.1) is 17.6 Å². The standard InChI is InChI=1S/C14H13N3O4/c1-9-3-5-11(6-4-9)16-13-12(17(19)20)7-10(8-15-13)14(18)21-2/h3-8H,1-2H3,(H,15,16). The Bertz CT molecular complexity index is 683. The van der Waals surface area contributed by atoms with E-state index in [0.29, 0.717) is 5.69 Å². The lowest BCUT2D eigenvalue weighted by Gasteiger charge is -2.07. The second-order valence-electron chi connectivity index (χ2n) is 4.33. The number of hydrogen-bond acceptors (Lipinski definition) is 6. The van der Waals surface area contributed by atoms with Gasteiger partial charge in [0.1, 0.15) is 0 Å². The van der Waals surface area contributed by atoms with Crippen LogP contribution >= 0.6 is 0 Å². The quantitative estimate of drug-likeness (QED) is 0.528. The molecule has 2 aromatic rings. The van der Waals surface area contributed by atoms with Crippen molar-refractivity contribution in [2.75, 3.05) is 12.4 Å². The van der Waals surface area contributed by atoms with E-state index in [1.807, 2.05) is 19.1 Å². The molecule has 0 radical (unpaired) electrons. The van der Waals surface area contributed by atoms with Crippen LogP contribution < -0.4 is 5.32 Å². The zero-order valence-corrected chi connectivity index (χ0v) is 11.5. The summed E-state index contributed by atoms with van der Waals surface area (Å²) in [5.74, 6) is -0.607. The number of carbonyl (C=O) groups excluding carboxylic acids is 1. The number of rotatable bonds is 4. The van der Waals surface area contributed by atoms with Gasteiger partial charge in [0.2, 0.25) is 5.82 Å². The first-order valence-electron chi connectivity index (χ1n) is 6.07. The van der Waals surface area contributed by atoms with Crippen LogP contribution in [-0.4, -0.2) is 23.0 Å². The lowest BCUT2D eigenvalue weighted by molar-refractivity contribution is -0.384. The molecule has 0 saturated heterocycles. The number of ether oxygens (including phenoxy) is 1. The summed E-state index contributed by atoms with van der Waals surface area (Å²) in [7, 11) is 1.20. The van der Waals surface area contributed by atoms with Gasteiger partial charge in [0.15, 0.2) is 0 Å². The Kier molecular flexibility index (Phi) is 4.13. The van der Waals surface area contributed by atoms with E-state index in [-0.39, 0.29) is 17.1 Å². The van der Waals surface area contributed by atoms with Crippen LogP contribution in [0.3, 0.4) is 0 Å². The van der Waals surface area contributed by atoms with Gasteiger partial charge in [-0.25, -0.2) is 9.78 Å². The highest BCUT2D eigenvalue weighted by Gasteiger charge is 2.19. The van der Waals surface area contributed by atoms with Crippen LogP contribution in [0, 0.1) is 17.0 Å². The van der Waals surface area contributed by atoms with E-state index in [1.54, 1.807) is 12.1 Å². The number of nitro groups is 1. The average molecular weight is 287 g/mol. The lowest BCUT2D eigenvalue weighted by Crippen LogP contribution is -2.06. The van der Waals surface area contributed by atoms with Gasteiger partial charge in [0.25, 0.3) is 0 Å². The molecule has 1 aromatic carbocycles. The summed E-state index contributed by atoms with van der Waals surface area (Å²) >= 11 is 0. The predicted octanol–water partition coefficient (Wildman–Crippen LogP) is 2.83. The fourth-order valence-electron chi connectivity index (χ4n) is 1.69. The number of pyridine rings is 1. The smallest absolute Gasteiger partial charge is 0.339 e. The van der Waals surface area contributed by atoms with Gasteiger partial charge >= 0.3 is 11.7 Å². The van der Waals surface area contributed by atoms with E-state index < -0.39 is 10.9 Å². The number of hydrogen-bond donors (Lipinski definition) is 1. The van der Waals surface area contributed by atoms with Crippen molar-refractivity contribution < 1.29 is 14.5 Å². The minimum atomic E-state index is -0.674. The van der Waals surface area contributed by atoms with Crippen molar-refractivity contribution in [2.45, 2.75) is 6.92 Å². The Morgan fingerprint density at radius 2 is 2.00 bits per heavy atom. The number of anilines is 2. The summed E-state index contributed by atoms with van der Waals surface area (Å²) in [5, 5.41) is 14.0. The SMILES string of the molecule is COC(=O)c1cnc(Nc2ccc(C)cc2)c([N+](=O)[O-])c1. The monoisotopic (exact) mass is 287 g/mol. The summed E-state index contributed by atoms with van der Waals surface area (Å²) < 4.78 is 4.52. The minimum absolute atomic E-state index is 0.0265. The highest BCUT2D eigenvalue weighted by Crippen LogP contribution is 2.26. The summed E-state index contributed by atoms with van der Waals surface area (Å²) in [5.41, 5.74) is 1.48. The molecule has 0 unspecified atom stereocenters. The summed E-state index contributed by atoms with van der Waals surface area (Å²) in [4.78, 5) is 25.8. The van der Waals surface area contributed by atoms with Crippen LogP contribution in [0.15, 0.2) is 36.5 Å². The predicted molar refractivity (Wildman–Crippen MR) is 76.7 cm³/mol. The molecular weight excluding hydrogens is 274 g/mol. The van der Waals surface area contributed by atoms with Crippen LogP contribution in [0.4, 0.5) is 17.2 Å². The Morgan fingerprint density at radius 1 is 1.33 bits per heavy atom. The molecule has 108 valence electrons. The number of carbonyl (C=O) groups is 1. The Labute approximate surface area is 120 Å². The molecule has 0 spiro atoms. The largest absolute Gasteiger partial charge is 0.465 e. The van der Waals surface area contributed by atoms with E-state index in [9.17, 15) is 14.9 Å². The number of aryl methyl sites for hydroxylation is 1. The van der Waals surface area contributed by atoms with Gasteiger partial charge in [-0.15, -0.1) is 0 Å². The topological polar surface area (TPSA) is 94.4 Å². The van der Waals surface area contributed by atoms with Crippen LogP contribution in [0.5, 0.6) is 0 Å². The Balaban J connectivity index is 2.36. The maximum absolute atomic E-state index is 11.4. The molecular formula is C14H13N3O4. The normalized spacial score (nSPS) is 10.0. The van der Waals surface area contributed by atoms with Crippen molar-refractivity contribution in [1.82, 2.24) is 4.98 Å². The molecule has 1 aromatic heterocycles. The fourth-order valence-corrected chi connectivity index (χ4v) is 1.69. The maximum atomic E-state index is 11.4. The van der Waals surface area contributed by atoms with E-state index >= 15 is 0 Å². The van der Waals surface area contributed by atoms with Gasteiger partial charge in [-0.1, -0.05) is 17.7 Å². The first kappa shape index (κ1) is 14.4. The van der Waals surface area contributed by atoms with Crippen LogP contribution in [0.1, 0.15) is 15.9 Å². The van der Waals surface area contributed by atoms with Crippen molar-refractivity contribution in [1.29, 1.82) is 0 Å². The second-order valence-corrected chi connectivity index (χ2v) is 4.33. The number of esters is 1. The Morgan fingerprint density at radius 3 is 2.57 bits per heavy atom. The molecule has 0 atom stereocenters. The van der Waals surface area contributed by atoms with Crippen molar-refractivity contribution in [3.8, 4) is 0 Å². The van der Waals surface area contributed by atoms with Crippen molar-refractivity contribution in [3.05, 3.63) is 57.8 Å². The highest BCUT2D eigenvalue weighted by atomic mass is 16.6. The van der Waals surface area contributed by atoms with E-state index in [2.05, 4.69) is 15.0 Å². The molecule has 0 fully saturated rings. The van der Waals surface area contributed by atoms with E-state index in [1.165, 1.54) is 13.3 Å². The Hall–Kier alpha value is -2.96. The van der Waals surface area contributed by atoms with E-state index in [0.717, 1.165) is 11.6 Å². The third-order valence-electron chi connectivity index (χ3n) is 2.80. The van der Waals surface area contributed by atoms with Crippen molar-refractivity contribution in [3.63, 3.8) is 0 Å². The maximum Gasteiger partial charge on any atom is 0.339 e. The van der Waals surface area contributed by atoms with Crippen LogP contribution in [0.2, 0.25) is 0 Å². The molecule has 7 nitrogen and oxygen atoms in total. The molecule has 0 amide bonds. The fraction of sp³-hybridized carbons (Fsp3) is 0.143. The molecule has 7 heteroatoms. The molecule has 0 aliphatic heterocycles. The summed E-state index contributed by atoms with van der Waals surface area (Å²) in [6.07, 6.45) is 1.23.